The summed E-state index contributed by atoms with van der Waals surface area (Å²) in [5, 5.41) is 22.1. The van der Waals surface area contributed by atoms with Gasteiger partial charge in [0.15, 0.2) is 11.6 Å². The fourth-order valence-electron chi connectivity index (χ4n) is 10.0. The zero-order valence-corrected chi connectivity index (χ0v) is 22.9. The molecule has 4 fully saturated rings. The molecule has 5 nitrogen and oxygen atoms in total. The number of hydrogen-bond donors (Lipinski definition) is 3. The van der Waals surface area contributed by atoms with Crippen molar-refractivity contribution < 1.29 is 19.0 Å². The lowest BCUT2D eigenvalue weighted by atomic mass is 9.43. The number of halogens is 2. The van der Waals surface area contributed by atoms with E-state index in [9.17, 15) is 23.8 Å². The highest BCUT2D eigenvalue weighted by atomic mass is 19.2. The second-order valence-electron chi connectivity index (χ2n) is 13.7. The van der Waals surface area contributed by atoms with E-state index < -0.39 is 17.2 Å². The summed E-state index contributed by atoms with van der Waals surface area (Å²) < 4.78 is 27.4. The lowest BCUT2D eigenvalue weighted by Crippen LogP contribution is -2.58. The highest BCUT2D eigenvalue weighted by Gasteiger charge is 2.63. The van der Waals surface area contributed by atoms with E-state index in [1.807, 2.05) is 0 Å². The molecule has 4 saturated carbocycles. The normalized spacial score (nSPS) is 41.4. The lowest BCUT2D eigenvalue weighted by Gasteiger charge is -2.62. The summed E-state index contributed by atoms with van der Waals surface area (Å²) in [5.74, 6) is 1.43. The van der Waals surface area contributed by atoms with Gasteiger partial charge in [0.05, 0.1) is 23.1 Å². The van der Waals surface area contributed by atoms with Crippen LogP contribution in [0.25, 0.3) is 10.9 Å². The quantitative estimate of drug-likeness (QED) is 0.471. The summed E-state index contributed by atoms with van der Waals surface area (Å²) in [6, 6.07) is 1.90. The zero-order valence-electron chi connectivity index (χ0n) is 22.9. The van der Waals surface area contributed by atoms with Crippen LogP contribution in [0.3, 0.4) is 0 Å². The fraction of sp³-hybridized carbons (Fsp3) is 0.742. The van der Waals surface area contributed by atoms with Crippen molar-refractivity contribution in [3.8, 4) is 0 Å². The van der Waals surface area contributed by atoms with Crippen molar-refractivity contribution >= 4 is 10.9 Å². The summed E-state index contributed by atoms with van der Waals surface area (Å²) in [6.07, 6.45) is 9.29. The number of nitrogens with zero attached hydrogens (tertiary/aromatic N) is 1. The third-order valence-corrected chi connectivity index (χ3v) is 12.1. The Morgan fingerprint density at radius 1 is 1.05 bits per heavy atom. The largest absolute Gasteiger partial charge is 0.393 e. The van der Waals surface area contributed by atoms with Gasteiger partial charge in [0, 0.05) is 12.5 Å². The van der Waals surface area contributed by atoms with Crippen LogP contribution in [0.1, 0.15) is 84.4 Å². The average Bonchev–Trinajstić information content (AvgIpc) is 3.24. The average molecular weight is 529 g/mol. The second-order valence-corrected chi connectivity index (χ2v) is 13.7. The Morgan fingerprint density at radius 3 is 2.61 bits per heavy atom. The number of fused-ring (bicyclic) bond motifs is 6. The summed E-state index contributed by atoms with van der Waals surface area (Å²) in [6.45, 7) is 7.04. The summed E-state index contributed by atoms with van der Waals surface area (Å²) in [5.41, 5.74) is -0.165. The lowest BCUT2D eigenvalue weighted by molar-refractivity contribution is -0.174. The highest BCUT2D eigenvalue weighted by Crippen LogP contribution is 2.68. The van der Waals surface area contributed by atoms with Crippen LogP contribution in [-0.4, -0.2) is 32.4 Å². The van der Waals surface area contributed by atoms with Crippen LogP contribution in [0, 0.1) is 58.0 Å². The number of aryl methyl sites for hydroxylation is 1. The highest BCUT2D eigenvalue weighted by molar-refractivity contribution is 5.77. The molecule has 0 saturated heterocycles. The molecular formula is C31H42F2N2O3. The molecule has 0 aliphatic heterocycles. The van der Waals surface area contributed by atoms with E-state index in [1.54, 1.807) is 0 Å². The maximum Gasteiger partial charge on any atom is 0.258 e. The van der Waals surface area contributed by atoms with E-state index >= 15 is 0 Å². The number of nitrogens with one attached hydrogen (secondary N) is 1. The van der Waals surface area contributed by atoms with Gasteiger partial charge in [0.1, 0.15) is 5.82 Å². The molecular weight excluding hydrogens is 486 g/mol. The Hall–Kier alpha value is -1.86. The molecule has 0 amide bonds. The molecule has 0 radical (unpaired) electrons. The fourth-order valence-corrected chi connectivity index (χ4v) is 10.0. The maximum absolute atomic E-state index is 13.8. The van der Waals surface area contributed by atoms with Crippen LogP contribution in [0.4, 0.5) is 8.78 Å². The maximum atomic E-state index is 13.8. The molecule has 3 N–H and O–H groups in total. The van der Waals surface area contributed by atoms with E-state index in [4.69, 9.17) is 0 Å². The number of aromatic amines is 1. The zero-order chi connectivity index (χ0) is 27.0. The first kappa shape index (κ1) is 26.4. The van der Waals surface area contributed by atoms with Crippen molar-refractivity contribution in [2.24, 2.45) is 46.3 Å². The molecule has 7 heteroatoms. The Balaban J connectivity index is 1.19. The van der Waals surface area contributed by atoms with Crippen LogP contribution < -0.4 is 5.56 Å². The first-order valence-corrected chi connectivity index (χ1v) is 14.8. The monoisotopic (exact) mass is 528 g/mol. The Kier molecular flexibility index (Phi) is 6.50. The van der Waals surface area contributed by atoms with Gasteiger partial charge >= 0.3 is 0 Å². The number of hydrogen-bond acceptors (Lipinski definition) is 4. The van der Waals surface area contributed by atoms with Crippen molar-refractivity contribution in [1.82, 2.24) is 9.97 Å². The number of benzene rings is 1. The van der Waals surface area contributed by atoms with Crippen LogP contribution in [0.5, 0.6) is 0 Å². The van der Waals surface area contributed by atoms with Gasteiger partial charge in [-0.25, -0.2) is 13.8 Å². The predicted octanol–water partition coefficient (Wildman–Crippen LogP) is 5.76. The third kappa shape index (κ3) is 3.97. The van der Waals surface area contributed by atoms with Gasteiger partial charge in [-0.1, -0.05) is 20.8 Å². The molecule has 6 rings (SSSR count). The van der Waals surface area contributed by atoms with Gasteiger partial charge in [-0.3, -0.25) is 4.79 Å². The minimum absolute atomic E-state index is 0.0580. The first-order valence-electron chi connectivity index (χ1n) is 14.8. The smallest absolute Gasteiger partial charge is 0.258 e. The molecule has 38 heavy (non-hydrogen) atoms. The van der Waals surface area contributed by atoms with Gasteiger partial charge in [-0.05, 0) is 110 Å². The molecule has 0 spiro atoms. The SMILES string of the molecule is C[C@H](CCc1nc2cc(F)c(F)cc2c(=O)[nH]1)[C@H]1CC[C@H]2[C@@H]3CC[C@@H]4C[C@H](O)CC[C@]4(C)C3C[C@H](O)[C@]12C. The van der Waals surface area contributed by atoms with Gasteiger partial charge in [0.2, 0.25) is 0 Å². The van der Waals surface area contributed by atoms with Crippen LogP contribution >= 0.6 is 0 Å². The minimum atomic E-state index is -1.05. The van der Waals surface area contributed by atoms with Gasteiger partial charge < -0.3 is 15.2 Å². The van der Waals surface area contributed by atoms with Gasteiger partial charge in [-0.15, -0.1) is 0 Å². The van der Waals surface area contributed by atoms with Crippen LogP contribution in [0.2, 0.25) is 0 Å². The van der Waals surface area contributed by atoms with Crippen molar-refractivity contribution in [2.75, 3.05) is 0 Å². The molecule has 1 aromatic heterocycles. The van der Waals surface area contributed by atoms with Crippen molar-refractivity contribution in [1.29, 1.82) is 0 Å². The number of aromatic nitrogens is 2. The number of rotatable bonds is 4. The molecule has 2 aromatic rings. The topological polar surface area (TPSA) is 86.2 Å². The molecule has 1 unspecified atom stereocenters. The summed E-state index contributed by atoms with van der Waals surface area (Å²) >= 11 is 0. The van der Waals surface area contributed by atoms with Crippen LogP contribution in [0.15, 0.2) is 16.9 Å². The van der Waals surface area contributed by atoms with Crippen LogP contribution in [-0.2, 0) is 6.42 Å². The predicted molar refractivity (Wildman–Crippen MR) is 142 cm³/mol. The summed E-state index contributed by atoms with van der Waals surface area (Å²) in [4.78, 5) is 19.7. The van der Waals surface area contributed by atoms with E-state index in [1.165, 1.54) is 12.8 Å². The van der Waals surface area contributed by atoms with Crippen molar-refractivity contribution in [2.45, 2.75) is 97.2 Å². The third-order valence-electron chi connectivity index (χ3n) is 12.1. The second kappa shape index (κ2) is 9.36. The Bertz CT molecular complexity index is 1280. The molecule has 0 bridgehead atoms. The number of aliphatic hydroxyl groups excluding tert-OH is 2. The minimum Gasteiger partial charge on any atom is -0.393 e. The van der Waals surface area contributed by atoms with Crippen molar-refractivity contribution in [3.05, 3.63) is 39.9 Å². The Labute approximate surface area is 223 Å². The molecule has 4 aliphatic rings. The van der Waals surface area contributed by atoms with E-state index in [-0.39, 0.29) is 33.9 Å². The molecule has 208 valence electrons. The molecule has 10 atom stereocenters. The van der Waals surface area contributed by atoms with E-state index in [2.05, 4.69) is 30.7 Å². The number of aliphatic hydroxyl groups is 2. The Morgan fingerprint density at radius 2 is 1.82 bits per heavy atom. The molecule has 1 aromatic carbocycles. The molecule has 4 aliphatic carbocycles. The van der Waals surface area contributed by atoms with E-state index in [0.29, 0.717) is 47.8 Å². The first-order chi connectivity index (χ1) is 18.0. The molecule has 1 heterocycles. The number of H-pyrrole nitrogens is 1. The summed E-state index contributed by atoms with van der Waals surface area (Å²) in [7, 11) is 0. The van der Waals surface area contributed by atoms with E-state index in [0.717, 1.165) is 57.1 Å². The van der Waals surface area contributed by atoms with Gasteiger partial charge in [0.25, 0.3) is 5.56 Å². The standard InChI is InChI=1S/C31H42F2N2O3/c1-16(4-9-28-34-26-15-25(33)24(32)13-20(26)29(38)35-28)21-7-8-22-19-6-5-17-12-18(36)10-11-30(17,2)23(19)14-27(37)31(21,22)3/h13,15-19,21-23,27,36-37H,4-12,14H2,1-3H3,(H,34,35,38)/t16-,17-,18-,19+,21-,22+,23?,27+,30+,31-/m1/s1. The van der Waals surface area contributed by atoms with Gasteiger partial charge in [-0.2, -0.15) is 0 Å². The van der Waals surface area contributed by atoms with Crippen molar-refractivity contribution in [3.63, 3.8) is 0 Å².